The number of ether oxygens (including phenoxy) is 1. The van der Waals surface area contributed by atoms with Crippen LogP contribution < -0.4 is 15.4 Å². The van der Waals surface area contributed by atoms with Crippen LogP contribution in [-0.2, 0) is 4.79 Å². The third-order valence-corrected chi connectivity index (χ3v) is 4.00. The summed E-state index contributed by atoms with van der Waals surface area (Å²) in [6.45, 7) is 5.15. The molecule has 5 heteroatoms. The average molecular weight is 348 g/mol. The Balaban J connectivity index is 2.16. The Kier molecular flexibility index (Phi) is 6.64. The molecule has 24 heavy (non-hydrogen) atoms. The Labute approximate surface area is 148 Å². The molecule has 0 spiro atoms. The first-order valence-corrected chi connectivity index (χ1v) is 8.41. The molecule has 0 aliphatic heterocycles. The van der Waals surface area contributed by atoms with Crippen LogP contribution in [0.2, 0.25) is 5.02 Å². The molecule has 0 radical (unpaired) electrons. The summed E-state index contributed by atoms with van der Waals surface area (Å²) in [4.78, 5) is 12.8. The van der Waals surface area contributed by atoms with E-state index in [1.165, 1.54) is 0 Å². The molecule has 1 atom stereocenters. The van der Waals surface area contributed by atoms with Crippen LogP contribution in [0.15, 0.2) is 48.5 Å². The third kappa shape index (κ3) is 4.98. The molecule has 4 nitrogen and oxygen atoms in total. The number of hydrogen-bond donors (Lipinski definition) is 2. The fourth-order valence-electron chi connectivity index (χ4n) is 2.43. The zero-order valence-corrected chi connectivity index (χ0v) is 15.0. The minimum Gasteiger partial charge on any atom is -0.495 e. The predicted octanol–water partition coefficient (Wildman–Crippen LogP) is 3.25. The van der Waals surface area contributed by atoms with Crippen molar-refractivity contribution < 1.29 is 14.8 Å². The summed E-state index contributed by atoms with van der Waals surface area (Å²) in [7, 11) is 1.56. The van der Waals surface area contributed by atoms with E-state index in [1.807, 2.05) is 30.3 Å². The van der Waals surface area contributed by atoms with Crippen LogP contribution in [0.4, 0.5) is 5.69 Å². The Morgan fingerprint density at radius 2 is 1.92 bits per heavy atom. The third-order valence-electron chi connectivity index (χ3n) is 3.70. The first-order valence-electron chi connectivity index (χ1n) is 8.04. The van der Waals surface area contributed by atoms with Crippen molar-refractivity contribution in [3.63, 3.8) is 0 Å². The highest BCUT2D eigenvalue weighted by molar-refractivity contribution is 6.32. The Morgan fingerprint density at radius 3 is 2.50 bits per heavy atom. The summed E-state index contributed by atoms with van der Waals surface area (Å²) in [6.07, 6.45) is 0. The summed E-state index contributed by atoms with van der Waals surface area (Å²) >= 11 is 6.13. The van der Waals surface area contributed by atoms with E-state index in [-0.39, 0.29) is 11.9 Å². The summed E-state index contributed by atoms with van der Waals surface area (Å²) in [5.74, 6) is 1.02. The number of quaternary nitrogens is 1. The first kappa shape index (κ1) is 18.3. The summed E-state index contributed by atoms with van der Waals surface area (Å²) in [5, 5.41) is 5.49. The lowest BCUT2D eigenvalue weighted by Crippen LogP contribution is -2.88. The van der Waals surface area contributed by atoms with Gasteiger partial charge in [0.15, 0.2) is 6.04 Å². The van der Waals surface area contributed by atoms with Crippen molar-refractivity contribution in [1.82, 2.24) is 0 Å². The second kappa shape index (κ2) is 8.71. The number of rotatable bonds is 7. The zero-order valence-electron chi connectivity index (χ0n) is 14.3. The second-order valence-corrected chi connectivity index (χ2v) is 6.50. The van der Waals surface area contributed by atoms with E-state index >= 15 is 0 Å². The highest BCUT2D eigenvalue weighted by Gasteiger charge is 2.24. The SMILES string of the molecule is COc1ccc(NC(=O)[C@@H]([NH2+]CC(C)C)c2ccccc2)cc1Cl. The van der Waals surface area contributed by atoms with Crippen LogP contribution in [0, 0.1) is 5.92 Å². The number of benzene rings is 2. The van der Waals surface area contributed by atoms with Crippen molar-refractivity contribution in [2.75, 3.05) is 19.0 Å². The molecule has 0 saturated heterocycles. The standard InChI is InChI=1S/C19H23ClN2O2/c1-13(2)12-21-18(14-7-5-4-6-8-14)19(23)22-15-9-10-17(24-3)16(20)11-15/h4-11,13,18,21H,12H2,1-3H3,(H,22,23)/p+1/t18-/m0/s1. The number of anilines is 1. The van der Waals surface area contributed by atoms with Gasteiger partial charge in [0, 0.05) is 17.2 Å². The van der Waals surface area contributed by atoms with Crippen molar-refractivity contribution in [2.24, 2.45) is 5.92 Å². The van der Waals surface area contributed by atoms with Gasteiger partial charge in [-0.2, -0.15) is 0 Å². The average Bonchev–Trinajstić information content (AvgIpc) is 2.56. The summed E-state index contributed by atoms with van der Waals surface area (Å²) in [6, 6.07) is 14.7. The van der Waals surface area contributed by atoms with Gasteiger partial charge in [-0.25, -0.2) is 0 Å². The molecular formula is C19H24ClN2O2+. The number of carbonyl (C=O) groups is 1. The molecular weight excluding hydrogens is 324 g/mol. The maximum Gasteiger partial charge on any atom is 0.287 e. The molecule has 0 heterocycles. The van der Waals surface area contributed by atoms with Crippen molar-refractivity contribution >= 4 is 23.2 Å². The Bertz CT molecular complexity index is 674. The van der Waals surface area contributed by atoms with E-state index in [0.29, 0.717) is 22.4 Å². The molecule has 2 aromatic rings. The fraction of sp³-hybridized carbons (Fsp3) is 0.316. The van der Waals surface area contributed by atoms with Gasteiger partial charge in [0.2, 0.25) is 0 Å². The highest BCUT2D eigenvalue weighted by Crippen LogP contribution is 2.27. The monoisotopic (exact) mass is 347 g/mol. The molecule has 0 aromatic heterocycles. The fourth-order valence-corrected chi connectivity index (χ4v) is 2.68. The number of carbonyl (C=O) groups excluding carboxylic acids is 1. The number of amides is 1. The van der Waals surface area contributed by atoms with Crippen LogP contribution in [-0.4, -0.2) is 19.6 Å². The zero-order chi connectivity index (χ0) is 17.5. The molecule has 2 aromatic carbocycles. The van der Waals surface area contributed by atoms with Gasteiger partial charge in [-0.3, -0.25) is 4.79 Å². The van der Waals surface area contributed by atoms with E-state index in [9.17, 15) is 4.79 Å². The van der Waals surface area contributed by atoms with E-state index in [2.05, 4.69) is 24.5 Å². The van der Waals surface area contributed by atoms with Gasteiger partial charge < -0.3 is 15.4 Å². The van der Waals surface area contributed by atoms with Crippen LogP contribution >= 0.6 is 11.6 Å². The van der Waals surface area contributed by atoms with E-state index in [4.69, 9.17) is 16.3 Å². The number of methoxy groups -OCH3 is 1. The lowest BCUT2D eigenvalue weighted by molar-refractivity contribution is -0.686. The van der Waals surface area contributed by atoms with Gasteiger partial charge in [-0.1, -0.05) is 55.8 Å². The topological polar surface area (TPSA) is 54.9 Å². The normalized spacial score (nSPS) is 12.0. The van der Waals surface area contributed by atoms with Crippen molar-refractivity contribution in [1.29, 1.82) is 0 Å². The number of hydrogen-bond acceptors (Lipinski definition) is 2. The lowest BCUT2D eigenvalue weighted by Gasteiger charge is -2.17. The van der Waals surface area contributed by atoms with Crippen molar-refractivity contribution in [2.45, 2.75) is 19.9 Å². The molecule has 2 rings (SSSR count). The highest BCUT2D eigenvalue weighted by atomic mass is 35.5. The van der Waals surface area contributed by atoms with Crippen LogP contribution in [0.3, 0.4) is 0 Å². The number of halogens is 1. The largest absolute Gasteiger partial charge is 0.495 e. The van der Waals surface area contributed by atoms with Gasteiger partial charge >= 0.3 is 0 Å². The maximum absolute atomic E-state index is 12.8. The van der Waals surface area contributed by atoms with E-state index < -0.39 is 0 Å². The van der Waals surface area contributed by atoms with Crippen LogP contribution in [0.1, 0.15) is 25.5 Å². The van der Waals surface area contributed by atoms with E-state index in [0.717, 1.165) is 12.1 Å². The van der Waals surface area contributed by atoms with Crippen LogP contribution in [0.25, 0.3) is 0 Å². The van der Waals surface area contributed by atoms with E-state index in [1.54, 1.807) is 25.3 Å². The predicted molar refractivity (Wildman–Crippen MR) is 97.4 cm³/mol. The Morgan fingerprint density at radius 1 is 1.21 bits per heavy atom. The van der Waals surface area contributed by atoms with Gasteiger partial charge in [0.25, 0.3) is 5.91 Å². The van der Waals surface area contributed by atoms with Gasteiger partial charge in [0.1, 0.15) is 5.75 Å². The molecule has 1 amide bonds. The lowest BCUT2D eigenvalue weighted by atomic mass is 10.0. The van der Waals surface area contributed by atoms with Gasteiger partial charge in [-0.05, 0) is 18.2 Å². The van der Waals surface area contributed by atoms with Crippen LogP contribution in [0.5, 0.6) is 5.75 Å². The molecule has 3 N–H and O–H groups in total. The minimum absolute atomic E-state index is 0.0666. The molecule has 0 saturated carbocycles. The molecule has 0 aliphatic carbocycles. The summed E-state index contributed by atoms with van der Waals surface area (Å²) < 4.78 is 5.14. The molecule has 0 bridgehead atoms. The van der Waals surface area contributed by atoms with Crippen molar-refractivity contribution in [3.8, 4) is 5.75 Å². The molecule has 128 valence electrons. The summed E-state index contributed by atoms with van der Waals surface area (Å²) in [5.41, 5.74) is 1.64. The molecule has 0 unspecified atom stereocenters. The number of nitrogens with one attached hydrogen (secondary N) is 1. The maximum atomic E-state index is 12.8. The Hall–Kier alpha value is -2.04. The van der Waals surface area contributed by atoms with Gasteiger partial charge in [-0.15, -0.1) is 0 Å². The number of nitrogens with two attached hydrogens (primary N) is 1. The molecule has 0 fully saturated rings. The minimum atomic E-state index is -0.297. The smallest absolute Gasteiger partial charge is 0.287 e. The quantitative estimate of drug-likeness (QED) is 0.807. The second-order valence-electron chi connectivity index (χ2n) is 6.09. The van der Waals surface area contributed by atoms with Crippen molar-refractivity contribution in [3.05, 3.63) is 59.1 Å². The molecule has 0 aliphatic rings. The van der Waals surface area contributed by atoms with Gasteiger partial charge in [0.05, 0.1) is 18.7 Å². The first-order chi connectivity index (χ1) is 11.5.